The predicted molar refractivity (Wildman–Crippen MR) is 99.6 cm³/mol. The average Bonchev–Trinajstić information content (AvgIpc) is 2.48. The Labute approximate surface area is 139 Å². The van der Waals surface area contributed by atoms with E-state index in [1.165, 1.54) is 35.5 Å². The first-order chi connectivity index (χ1) is 10.2. The molecule has 118 valence electrons. The molecule has 2 rings (SSSR count). The van der Waals surface area contributed by atoms with Crippen molar-refractivity contribution in [3.63, 3.8) is 0 Å². The van der Waals surface area contributed by atoms with Gasteiger partial charge in [-0.25, -0.2) is 0 Å². The van der Waals surface area contributed by atoms with Gasteiger partial charge < -0.3 is 5.32 Å². The Hall–Kier alpha value is -0.120. The van der Waals surface area contributed by atoms with E-state index in [0.29, 0.717) is 11.3 Å². The molecular formula is C18H29NS2. The second kappa shape index (κ2) is 8.50. The third kappa shape index (κ3) is 4.67. The first-order valence-corrected chi connectivity index (χ1v) is 10.2. The van der Waals surface area contributed by atoms with Gasteiger partial charge in [-0.1, -0.05) is 45.0 Å². The van der Waals surface area contributed by atoms with Crippen LogP contribution in [0.15, 0.2) is 24.3 Å². The van der Waals surface area contributed by atoms with E-state index in [9.17, 15) is 0 Å². The van der Waals surface area contributed by atoms with E-state index in [-0.39, 0.29) is 0 Å². The number of hydrogen-bond acceptors (Lipinski definition) is 3. The van der Waals surface area contributed by atoms with Crippen molar-refractivity contribution in [3.8, 4) is 0 Å². The topological polar surface area (TPSA) is 12.0 Å². The lowest BCUT2D eigenvalue weighted by molar-refractivity contribution is 0.542. The molecule has 21 heavy (non-hydrogen) atoms. The first kappa shape index (κ1) is 17.2. The van der Waals surface area contributed by atoms with Crippen LogP contribution in [-0.4, -0.2) is 29.1 Å². The highest BCUT2D eigenvalue weighted by Crippen LogP contribution is 2.40. The molecule has 1 saturated heterocycles. The number of benzene rings is 1. The molecule has 1 nitrogen and oxygen atoms in total. The summed E-state index contributed by atoms with van der Waals surface area (Å²) in [4.78, 5) is 0. The molecule has 3 atom stereocenters. The summed E-state index contributed by atoms with van der Waals surface area (Å²) in [7, 11) is 2.12. The van der Waals surface area contributed by atoms with Crippen molar-refractivity contribution in [1.29, 1.82) is 0 Å². The van der Waals surface area contributed by atoms with Gasteiger partial charge in [0.15, 0.2) is 0 Å². The second-order valence-corrected chi connectivity index (χ2v) is 8.90. The van der Waals surface area contributed by atoms with Gasteiger partial charge in [0.25, 0.3) is 0 Å². The van der Waals surface area contributed by atoms with E-state index < -0.39 is 0 Å². The molecule has 1 heterocycles. The van der Waals surface area contributed by atoms with Crippen molar-refractivity contribution in [2.45, 2.75) is 50.2 Å². The van der Waals surface area contributed by atoms with Crippen molar-refractivity contribution in [2.75, 3.05) is 18.6 Å². The standard InChI is InChI=1S/C18H29NS2/c1-5-16-18(21-10-9-20-16)17(19-4)15-8-6-7-14(12-15)11-13(2)3/h6-8,12-13,16-19H,5,9-11H2,1-4H3. The van der Waals surface area contributed by atoms with Gasteiger partial charge in [-0.05, 0) is 36.9 Å². The van der Waals surface area contributed by atoms with Gasteiger partial charge in [0, 0.05) is 28.0 Å². The zero-order chi connectivity index (χ0) is 15.2. The molecule has 0 saturated carbocycles. The fraction of sp³-hybridized carbons (Fsp3) is 0.667. The average molecular weight is 324 g/mol. The van der Waals surface area contributed by atoms with Crippen molar-refractivity contribution in [3.05, 3.63) is 35.4 Å². The number of thioether (sulfide) groups is 2. The monoisotopic (exact) mass is 323 g/mol. The van der Waals surface area contributed by atoms with E-state index in [1.807, 2.05) is 0 Å². The Kier molecular flexibility index (Phi) is 6.97. The van der Waals surface area contributed by atoms with Crippen molar-refractivity contribution >= 4 is 23.5 Å². The summed E-state index contributed by atoms with van der Waals surface area (Å²) in [6.45, 7) is 6.92. The quantitative estimate of drug-likeness (QED) is 0.809. The molecule has 1 fully saturated rings. The van der Waals surface area contributed by atoms with Crippen molar-refractivity contribution in [1.82, 2.24) is 5.32 Å². The summed E-state index contributed by atoms with van der Waals surface area (Å²) < 4.78 is 0. The summed E-state index contributed by atoms with van der Waals surface area (Å²) >= 11 is 4.32. The fourth-order valence-electron chi connectivity index (χ4n) is 3.15. The maximum Gasteiger partial charge on any atom is 0.0449 e. The number of rotatable bonds is 6. The van der Waals surface area contributed by atoms with Crippen LogP contribution < -0.4 is 5.32 Å². The van der Waals surface area contributed by atoms with Crippen LogP contribution in [0.4, 0.5) is 0 Å². The van der Waals surface area contributed by atoms with E-state index in [0.717, 1.165) is 11.2 Å². The van der Waals surface area contributed by atoms with Gasteiger partial charge in [0.2, 0.25) is 0 Å². The number of nitrogens with one attached hydrogen (secondary N) is 1. The Balaban J connectivity index is 2.19. The van der Waals surface area contributed by atoms with Gasteiger partial charge in [-0.3, -0.25) is 0 Å². The summed E-state index contributed by atoms with van der Waals surface area (Å²) in [5, 5.41) is 5.06. The van der Waals surface area contributed by atoms with Crippen molar-refractivity contribution in [2.24, 2.45) is 5.92 Å². The maximum absolute atomic E-state index is 3.60. The Morgan fingerprint density at radius 3 is 2.67 bits per heavy atom. The highest BCUT2D eigenvalue weighted by atomic mass is 32.2. The minimum Gasteiger partial charge on any atom is -0.312 e. The molecular weight excluding hydrogens is 294 g/mol. The highest BCUT2D eigenvalue weighted by Gasteiger charge is 2.32. The second-order valence-electron chi connectivity index (χ2n) is 6.26. The molecule has 0 amide bonds. The molecule has 1 aromatic carbocycles. The summed E-state index contributed by atoms with van der Waals surface area (Å²) in [6.07, 6.45) is 2.44. The third-order valence-electron chi connectivity index (χ3n) is 4.09. The van der Waals surface area contributed by atoms with Crippen LogP contribution in [-0.2, 0) is 6.42 Å². The Morgan fingerprint density at radius 1 is 1.24 bits per heavy atom. The summed E-state index contributed by atoms with van der Waals surface area (Å²) in [6, 6.07) is 9.71. The van der Waals surface area contributed by atoms with Gasteiger partial charge in [0.1, 0.15) is 0 Å². The maximum atomic E-state index is 3.60. The predicted octanol–water partition coefficient (Wildman–Crippen LogP) is 4.77. The fourth-order valence-corrected chi connectivity index (χ4v) is 6.44. The van der Waals surface area contributed by atoms with Crippen LogP contribution >= 0.6 is 23.5 Å². The molecule has 0 spiro atoms. The van der Waals surface area contributed by atoms with Gasteiger partial charge in [0.05, 0.1) is 0 Å². The zero-order valence-electron chi connectivity index (χ0n) is 13.8. The van der Waals surface area contributed by atoms with Crippen molar-refractivity contribution < 1.29 is 0 Å². The summed E-state index contributed by atoms with van der Waals surface area (Å²) in [5.74, 6) is 3.32. The lowest BCUT2D eigenvalue weighted by Gasteiger charge is -2.36. The number of hydrogen-bond donors (Lipinski definition) is 1. The molecule has 0 aliphatic carbocycles. The minimum atomic E-state index is 0.472. The molecule has 1 N–H and O–H groups in total. The lowest BCUT2D eigenvalue weighted by atomic mass is 9.95. The van der Waals surface area contributed by atoms with Crippen LogP contribution in [0, 0.1) is 5.92 Å². The molecule has 1 aromatic rings. The third-order valence-corrected chi connectivity index (χ3v) is 7.44. The van der Waals surface area contributed by atoms with Crippen LogP contribution in [0.2, 0.25) is 0 Å². The molecule has 3 unspecified atom stereocenters. The molecule has 1 aliphatic rings. The lowest BCUT2D eigenvalue weighted by Crippen LogP contribution is -2.37. The zero-order valence-corrected chi connectivity index (χ0v) is 15.4. The van der Waals surface area contributed by atoms with Crippen LogP contribution in [0.25, 0.3) is 0 Å². The van der Waals surface area contributed by atoms with E-state index >= 15 is 0 Å². The SMILES string of the molecule is CCC1SCCSC1C(NC)c1cccc(CC(C)C)c1. The molecule has 3 heteroatoms. The first-order valence-electron chi connectivity index (χ1n) is 8.15. The smallest absolute Gasteiger partial charge is 0.0449 e. The Morgan fingerprint density at radius 2 is 2.00 bits per heavy atom. The van der Waals surface area contributed by atoms with E-state index in [2.05, 4.69) is 80.9 Å². The highest BCUT2D eigenvalue weighted by molar-refractivity contribution is 8.07. The normalized spacial score (nSPS) is 24.2. The van der Waals surface area contributed by atoms with E-state index in [4.69, 9.17) is 0 Å². The van der Waals surface area contributed by atoms with Crippen LogP contribution in [0.3, 0.4) is 0 Å². The van der Waals surface area contributed by atoms with E-state index in [1.54, 1.807) is 0 Å². The largest absolute Gasteiger partial charge is 0.312 e. The van der Waals surface area contributed by atoms with Crippen LogP contribution in [0.1, 0.15) is 44.4 Å². The van der Waals surface area contributed by atoms with Gasteiger partial charge in [-0.15, -0.1) is 0 Å². The Bertz CT molecular complexity index is 433. The van der Waals surface area contributed by atoms with Gasteiger partial charge in [-0.2, -0.15) is 23.5 Å². The molecule has 0 bridgehead atoms. The summed E-state index contributed by atoms with van der Waals surface area (Å²) in [5.41, 5.74) is 2.94. The molecule has 1 aliphatic heterocycles. The molecule has 0 radical (unpaired) electrons. The molecule has 0 aromatic heterocycles. The van der Waals surface area contributed by atoms with Gasteiger partial charge >= 0.3 is 0 Å². The minimum absolute atomic E-state index is 0.472. The van der Waals surface area contributed by atoms with Crippen LogP contribution in [0.5, 0.6) is 0 Å².